The van der Waals surface area contributed by atoms with E-state index in [1.54, 1.807) is 0 Å². The minimum absolute atomic E-state index is 1.78. The molecular weight excluding hydrogens is 193 g/mol. The van der Waals surface area contributed by atoms with Crippen LogP contribution in [0.15, 0.2) is 0 Å². The van der Waals surface area contributed by atoms with Crippen molar-refractivity contribution in [3.8, 4) is 0 Å². The van der Waals surface area contributed by atoms with E-state index >= 15 is 0 Å². The van der Waals surface area contributed by atoms with E-state index in [2.05, 4.69) is 0 Å². The van der Waals surface area contributed by atoms with E-state index in [9.17, 15) is 30.7 Å². The Labute approximate surface area is 63.4 Å². The van der Waals surface area contributed by atoms with Crippen LogP contribution < -0.4 is 0 Å². The minimum atomic E-state index is -5.54. The van der Waals surface area contributed by atoms with Gasteiger partial charge in [-0.2, -0.15) is 26.3 Å². The van der Waals surface area contributed by atoms with E-state index in [1.807, 2.05) is 0 Å². The van der Waals surface area contributed by atoms with Gasteiger partial charge in [0.25, 0.3) is 0 Å². The maximum atomic E-state index is 12.0. The summed E-state index contributed by atoms with van der Waals surface area (Å²) in [5.41, 5.74) is 0. The molecule has 12 heavy (non-hydrogen) atoms. The minimum Gasteiger partial charge on any atom is -0.251 e. The number of hydrogen-bond acceptors (Lipinski definition) is 0. The summed E-state index contributed by atoms with van der Waals surface area (Å²) < 4.78 is 81.1. The lowest BCUT2D eigenvalue weighted by Gasteiger charge is -2.23. The van der Waals surface area contributed by atoms with E-state index in [0.29, 0.717) is 0 Å². The van der Waals surface area contributed by atoms with Gasteiger partial charge < -0.3 is 0 Å². The zero-order chi connectivity index (χ0) is 9.99. The Morgan fingerprint density at radius 2 is 1.42 bits per heavy atom. The van der Waals surface area contributed by atoms with Gasteiger partial charge in [-0.15, -0.1) is 0 Å². The molecule has 0 amide bonds. The van der Waals surface area contributed by atoms with Crippen LogP contribution in [0.25, 0.3) is 0 Å². The van der Waals surface area contributed by atoms with Gasteiger partial charge in [-0.1, -0.05) is 0 Å². The van der Waals surface area contributed by atoms with Crippen LogP contribution in [0.2, 0.25) is 0 Å². The van der Waals surface area contributed by atoms with Crippen molar-refractivity contribution in [2.75, 3.05) is 6.67 Å². The molecule has 0 saturated carbocycles. The standard InChI is InChI=1S/C5H4F7/c6-2-1-4(9,10)5(11,12)3(7)8/h1-2H2. The number of halogens is 7. The Kier molecular flexibility index (Phi) is 3.34. The molecule has 73 valence electrons. The molecule has 0 nitrogen and oxygen atoms in total. The lowest BCUT2D eigenvalue weighted by atomic mass is 10.1. The van der Waals surface area contributed by atoms with Crippen LogP contribution in [0.1, 0.15) is 6.42 Å². The summed E-state index contributed by atoms with van der Waals surface area (Å²) in [6.45, 7) is -1.78. The predicted molar refractivity (Wildman–Crippen MR) is 25.9 cm³/mol. The lowest BCUT2D eigenvalue weighted by Crippen LogP contribution is -2.43. The maximum Gasteiger partial charge on any atom is 0.384 e. The van der Waals surface area contributed by atoms with Gasteiger partial charge in [0.1, 0.15) is 0 Å². The largest absolute Gasteiger partial charge is 0.384 e. The maximum absolute atomic E-state index is 12.0. The summed E-state index contributed by atoms with van der Waals surface area (Å²) in [6, 6.07) is 0. The van der Waals surface area contributed by atoms with Crippen LogP contribution in [-0.4, -0.2) is 18.5 Å². The van der Waals surface area contributed by atoms with Crippen LogP contribution in [-0.2, 0) is 0 Å². The van der Waals surface area contributed by atoms with Crippen molar-refractivity contribution in [1.82, 2.24) is 0 Å². The van der Waals surface area contributed by atoms with Crippen molar-refractivity contribution in [2.45, 2.75) is 18.3 Å². The molecule has 0 aromatic rings. The summed E-state index contributed by atoms with van der Waals surface area (Å²) in [5.74, 6) is -10.6. The molecule has 0 aliphatic heterocycles. The van der Waals surface area contributed by atoms with Gasteiger partial charge in [0.2, 0.25) is 0 Å². The number of rotatable bonds is 4. The Bertz CT molecular complexity index is 141. The van der Waals surface area contributed by atoms with Gasteiger partial charge in [0.15, 0.2) is 0 Å². The second kappa shape index (κ2) is 3.49. The van der Waals surface area contributed by atoms with Crippen molar-refractivity contribution in [1.29, 1.82) is 0 Å². The van der Waals surface area contributed by atoms with Gasteiger partial charge in [0.05, 0.1) is 6.67 Å². The second-order valence-corrected chi connectivity index (χ2v) is 1.98. The van der Waals surface area contributed by atoms with Crippen LogP contribution in [0.4, 0.5) is 30.7 Å². The first-order valence-electron chi connectivity index (χ1n) is 2.75. The highest BCUT2D eigenvalue weighted by Crippen LogP contribution is 2.44. The zero-order valence-electron chi connectivity index (χ0n) is 5.56. The molecule has 0 rings (SSSR count). The van der Waals surface area contributed by atoms with E-state index in [0.717, 1.165) is 0 Å². The van der Waals surface area contributed by atoms with Crippen molar-refractivity contribution < 1.29 is 30.7 Å². The van der Waals surface area contributed by atoms with E-state index in [4.69, 9.17) is 0 Å². The van der Waals surface area contributed by atoms with Crippen molar-refractivity contribution in [3.63, 3.8) is 0 Å². The normalized spacial score (nSPS) is 14.0. The highest BCUT2D eigenvalue weighted by atomic mass is 19.3. The topological polar surface area (TPSA) is 0 Å². The fourth-order valence-corrected chi connectivity index (χ4v) is 0.414. The first kappa shape index (κ1) is 11.5. The molecule has 0 saturated heterocycles. The molecule has 0 aliphatic rings. The average molecular weight is 197 g/mol. The summed E-state index contributed by atoms with van der Waals surface area (Å²) in [6.07, 6.45) is -5.63. The molecule has 0 atom stereocenters. The summed E-state index contributed by atoms with van der Waals surface area (Å²) in [4.78, 5) is 0. The van der Waals surface area contributed by atoms with Gasteiger partial charge in [0, 0.05) is 6.42 Å². The van der Waals surface area contributed by atoms with Crippen LogP contribution in [0, 0.1) is 6.43 Å². The monoisotopic (exact) mass is 197 g/mol. The Morgan fingerprint density at radius 3 is 1.67 bits per heavy atom. The third-order valence-electron chi connectivity index (χ3n) is 1.11. The van der Waals surface area contributed by atoms with Crippen LogP contribution in [0.3, 0.4) is 0 Å². The van der Waals surface area contributed by atoms with Crippen molar-refractivity contribution in [2.24, 2.45) is 0 Å². The van der Waals surface area contributed by atoms with E-state index in [-0.39, 0.29) is 0 Å². The second-order valence-electron chi connectivity index (χ2n) is 1.98. The Morgan fingerprint density at radius 1 is 1.00 bits per heavy atom. The number of hydrogen-bond donors (Lipinski definition) is 0. The number of alkyl halides is 5. The highest BCUT2D eigenvalue weighted by molar-refractivity contribution is 4.95. The third kappa shape index (κ3) is 2.01. The Balaban J connectivity index is 4.50. The van der Waals surface area contributed by atoms with E-state index in [1.165, 1.54) is 0 Å². The van der Waals surface area contributed by atoms with Gasteiger partial charge in [-0.05, 0) is 0 Å². The third-order valence-corrected chi connectivity index (χ3v) is 1.11. The molecule has 0 N–H and O–H groups in total. The molecule has 7 heteroatoms. The Hall–Kier alpha value is -0.490. The van der Waals surface area contributed by atoms with Crippen molar-refractivity contribution in [3.05, 3.63) is 6.43 Å². The zero-order valence-corrected chi connectivity index (χ0v) is 5.56. The van der Waals surface area contributed by atoms with Crippen LogP contribution >= 0.6 is 0 Å². The molecule has 0 aliphatic carbocycles. The first-order chi connectivity index (χ1) is 5.25. The smallest absolute Gasteiger partial charge is 0.251 e. The van der Waals surface area contributed by atoms with Gasteiger partial charge >= 0.3 is 18.3 Å². The summed E-state index contributed by atoms with van der Waals surface area (Å²) in [5, 5.41) is 0. The van der Waals surface area contributed by atoms with Gasteiger partial charge in [-0.25, -0.2) is 0 Å². The lowest BCUT2D eigenvalue weighted by molar-refractivity contribution is -0.231. The fourth-order valence-electron chi connectivity index (χ4n) is 0.414. The first-order valence-corrected chi connectivity index (χ1v) is 2.75. The molecule has 0 fully saturated rings. The molecule has 0 heterocycles. The van der Waals surface area contributed by atoms with Gasteiger partial charge in [-0.3, -0.25) is 4.39 Å². The molecule has 0 aromatic carbocycles. The summed E-state index contributed by atoms with van der Waals surface area (Å²) in [7, 11) is 0. The molecular formula is C5H4F7. The quantitative estimate of drug-likeness (QED) is 0.607. The molecule has 0 bridgehead atoms. The molecule has 0 spiro atoms. The van der Waals surface area contributed by atoms with Crippen LogP contribution in [0.5, 0.6) is 0 Å². The fraction of sp³-hybridized carbons (Fsp3) is 0.800. The SMILES string of the molecule is FCCC(F)(F)C(F)(F)[C](F)F. The molecule has 0 unspecified atom stereocenters. The molecule has 0 aromatic heterocycles. The highest BCUT2D eigenvalue weighted by Gasteiger charge is 2.63. The summed E-state index contributed by atoms with van der Waals surface area (Å²) >= 11 is 0. The predicted octanol–water partition coefficient (Wildman–Crippen LogP) is 3.05. The molecule has 1 radical (unpaired) electrons. The average Bonchev–Trinajstić information content (AvgIpc) is 1.86. The van der Waals surface area contributed by atoms with E-state index < -0.39 is 31.4 Å². The van der Waals surface area contributed by atoms with Crippen molar-refractivity contribution >= 4 is 0 Å².